The molecule has 3 aromatic rings. The van der Waals surface area contributed by atoms with Crippen LogP contribution in [-0.4, -0.2) is 21.4 Å². The Hall–Kier alpha value is -2.71. The van der Waals surface area contributed by atoms with Crippen LogP contribution < -0.4 is 11.1 Å². The Morgan fingerprint density at radius 2 is 2.16 bits per heavy atom. The van der Waals surface area contributed by atoms with Gasteiger partial charge in [-0.3, -0.25) is 9.59 Å². The molecule has 8 heteroatoms. The summed E-state index contributed by atoms with van der Waals surface area (Å²) in [5.41, 5.74) is 7.55. The summed E-state index contributed by atoms with van der Waals surface area (Å²) < 4.78 is 1.68. The number of anilines is 1. The monoisotopic (exact) mass is 376 g/mol. The number of nitrogens with one attached hydrogen (secondary N) is 1. The number of allylic oxidation sites excluding steroid dienone is 3. The second kappa shape index (κ2) is 6.66. The van der Waals surface area contributed by atoms with E-state index in [0.29, 0.717) is 15.4 Å². The summed E-state index contributed by atoms with van der Waals surface area (Å²) in [5.74, 6) is -0.780. The largest absolute Gasteiger partial charge is 0.365 e. The van der Waals surface area contributed by atoms with Crippen molar-refractivity contribution in [1.82, 2.24) is 9.61 Å². The maximum Gasteiger partial charge on any atom is 0.260 e. The van der Waals surface area contributed by atoms with E-state index in [1.807, 2.05) is 26.1 Å². The van der Waals surface area contributed by atoms with Crippen molar-refractivity contribution in [3.05, 3.63) is 58.1 Å². The Kier molecular flexibility index (Phi) is 4.56. The van der Waals surface area contributed by atoms with Gasteiger partial charge in [0.25, 0.3) is 11.8 Å². The van der Waals surface area contributed by atoms with E-state index in [1.54, 1.807) is 16.7 Å². The van der Waals surface area contributed by atoms with E-state index in [-0.39, 0.29) is 8.76 Å². The molecule has 3 aromatic heterocycles. The van der Waals surface area contributed by atoms with Crippen LogP contribution in [0.4, 0.5) is 5.00 Å². The lowest BCUT2D eigenvalue weighted by Gasteiger charge is -2.01. The van der Waals surface area contributed by atoms with Gasteiger partial charge in [-0.15, -0.1) is 22.7 Å². The molecule has 0 radical (unpaired) electrons. The molecule has 3 N–H and O–H groups in total. The number of nitrogens with zero attached hydrogens (tertiary/aromatic N) is 2. The van der Waals surface area contributed by atoms with Gasteiger partial charge in [0, 0.05) is 9.05 Å². The first-order chi connectivity index (χ1) is 11.9. The molecule has 3 rings (SSSR count). The molecular weight excluding hydrogens is 356 g/mol. The van der Waals surface area contributed by atoms with Gasteiger partial charge in [0.2, 0.25) is 0 Å². The molecule has 0 aromatic carbocycles. The first-order valence-electron chi connectivity index (χ1n) is 7.42. The van der Waals surface area contributed by atoms with Crippen LogP contribution in [0, 0.1) is 6.92 Å². The van der Waals surface area contributed by atoms with Crippen LogP contribution in [0.1, 0.15) is 40.2 Å². The maximum atomic E-state index is 12.6. The highest BCUT2D eigenvalue weighted by atomic mass is 32.1. The zero-order chi connectivity index (χ0) is 18.1. The molecule has 2 amide bonds. The van der Waals surface area contributed by atoms with E-state index in [2.05, 4.69) is 17.0 Å². The fourth-order valence-corrected chi connectivity index (χ4v) is 4.38. The molecule has 0 saturated carbocycles. The Morgan fingerprint density at radius 1 is 1.40 bits per heavy atom. The smallest absolute Gasteiger partial charge is 0.260 e. The summed E-state index contributed by atoms with van der Waals surface area (Å²) in [6.07, 6.45) is 7.13. The van der Waals surface area contributed by atoms with Crippen LogP contribution >= 0.6 is 22.7 Å². The van der Waals surface area contributed by atoms with E-state index < -0.39 is 5.91 Å². The first-order valence-corrected chi connectivity index (χ1v) is 9.05. The molecule has 0 spiro atoms. The Bertz CT molecular complexity index is 1030. The standard InChI is InChI=1S/C17H16N4O2S2.2H2/c1-4-10(5-2)13-8-21-17(25-13)11(7-19-21)15(23)20-16-9(3)6-12(24-16)14(18)22;;/h4-8H,1H2,2-3H3,(H2,18,22)(H,20,23);2*1H/b10-5+;;. The number of primary amides is 1. The molecule has 6 nitrogen and oxygen atoms in total. The fraction of sp³-hybridized carbons (Fsp3) is 0.118. The summed E-state index contributed by atoms with van der Waals surface area (Å²) in [6, 6.07) is 1.67. The summed E-state index contributed by atoms with van der Waals surface area (Å²) in [5, 5.41) is 7.69. The molecule has 0 atom stereocenters. The van der Waals surface area contributed by atoms with Crippen LogP contribution in [0.25, 0.3) is 10.4 Å². The van der Waals surface area contributed by atoms with E-state index >= 15 is 0 Å². The minimum absolute atomic E-state index is 0. The first kappa shape index (κ1) is 17.1. The highest BCUT2D eigenvalue weighted by molar-refractivity contribution is 7.19. The number of thiophene rings is 1. The van der Waals surface area contributed by atoms with Gasteiger partial charge >= 0.3 is 0 Å². The quantitative estimate of drug-likeness (QED) is 0.654. The molecule has 0 aliphatic carbocycles. The van der Waals surface area contributed by atoms with Crippen LogP contribution in [-0.2, 0) is 0 Å². The van der Waals surface area contributed by atoms with Crippen molar-refractivity contribution < 1.29 is 12.4 Å². The molecule has 0 aliphatic rings. The van der Waals surface area contributed by atoms with Gasteiger partial charge in [-0.05, 0) is 31.1 Å². The van der Waals surface area contributed by atoms with E-state index in [0.717, 1.165) is 32.2 Å². The molecule has 132 valence electrons. The fourth-order valence-electron chi connectivity index (χ4n) is 2.33. The Labute approximate surface area is 155 Å². The minimum atomic E-state index is -0.507. The Morgan fingerprint density at radius 3 is 2.76 bits per heavy atom. The lowest BCUT2D eigenvalue weighted by atomic mass is 10.2. The van der Waals surface area contributed by atoms with Gasteiger partial charge in [0.05, 0.1) is 26.5 Å². The molecule has 0 bridgehead atoms. The number of amides is 2. The topological polar surface area (TPSA) is 89.5 Å². The van der Waals surface area contributed by atoms with E-state index in [1.165, 1.54) is 17.5 Å². The minimum Gasteiger partial charge on any atom is -0.365 e. The van der Waals surface area contributed by atoms with Crippen LogP contribution in [0.5, 0.6) is 0 Å². The van der Waals surface area contributed by atoms with Crippen molar-refractivity contribution >= 4 is 49.9 Å². The highest BCUT2D eigenvalue weighted by Crippen LogP contribution is 2.30. The molecule has 25 heavy (non-hydrogen) atoms. The number of rotatable bonds is 5. The van der Waals surface area contributed by atoms with Crippen molar-refractivity contribution in [1.29, 1.82) is 0 Å². The maximum absolute atomic E-state index is 12.6. The third-order valence-electron chi connectivity index (χ3n) is 3.64. The Balaban J connectivity index is 0.00000182. The highest BCUT2D eigenvalue weighted by Gasteiger charge is 2.18. The molecule has 3 heterocycles. The van der Waals surface area contributed by atoms with Crippen molar-refractivity contribution in [3.63, 3.8) is 0 Å². The number of carbonyl (C=O) groups excluding carboxylic acids is 2. The number of thiazole rings is 1. The average Bonchev–Trinajstić information content (AvgIpc) is 3.23. The second-order valence-corrected chi connectivity index (χ2v) is 7.38. The predicted octanol–water partition coefficient (Wildman–Crippen LogP) is 4.20. The van der Waals surface area contributed by atoms with Gasteiger partial charge in [-0.2, -0.15) is 5.10 Å². The van der Waals surface area contributed by atoms with Crippen molar-refractivity contribution in [2.45, 2.75) is 13.8 Å². The van der Waals surface area contributed by atoms with Crippen LogP contribution in [0.3, 0.4) is 0 Å². The number of fused-ring (bicyclic) bond motifs is 1. The lowest BCUT2D eigenvalue weighted by Crippen LogP contribution is -2.11. The zero-order valence-electron chi connectivity index (χ0n) is 13.7. The third-order valence-corrected chi connectivity index (χ3v) is 5.97. The number of hydrogen-bond acceptors (Lipinski definition) is 5. The second-order valence-electron chi connectivity index (χ2n) is 5.29. The molecule has 0 fully saturated rings. The molecule has 0 unspecified atom stereocenters. The van der Waals surface area contributed by atoms with Gasteiger partial charge in [0.15, 0.2) is 0 Å². The third kappa shape index (κ3) is 3.13. The van der Waals surface area contributed by atoms with Crippen molar-refractivity contribution in [2.24, 2.45) is 5.73 Å². The van der Waals surface area contributed by atoms with Crippen molar-refractivity contribution in [2.75, 3.05) is 5.32 Å². The predicted molar refractivity (Wildman–Crippen MR) is 107 cm³/mol. The van der Waals surface area contributed by atoms with E-state index in [9.17, 15) is 9.59 Å². The van der Waals surface area contributed by atoms with Gasteiger partial charge in [-0.1, -0.05) is 18.7 Å². The summed E-state index contributed by atoms with van der Waals surface area (Å²) >= 11 is 2.63. The normalized spacial score (nSPS) is 11.7. The van der Waals surface area contributed by atoms with Crippen LogP contribution in [0.2, 0.25) is 0 Å². The number of aryl methyl sites for hydroxylation is 1. The van der Waals surface area contributed by atoms with Crippen molar-refractivity contribution in [3.8, 4) is 0 Å². The lowest BCUT2D eigenvalue weighted by molar-refractivity contribution is 0.100. The molecular formula is C17H20N4O2S2. The van der Waals surface area contributed by atoms with Gasteiger partial charge < -0.3 is 11.1 Å². The molecule has 0 aliphatic heterocycles. The van der Waals surface area contributed by atoms with E-state index in [4.69, 9.17) is 5.73 Å². The van der Waals surface area contributed by atoms with Crippen LogP contribution in [0.15, 0.2) is 37.2 Å². The number of aromatic nitrogens is 2. The van der Waals surface area contributed by atoms with Gasteiger partial charge in [-0.25, -0.2) is 4.52 Å². The number of hydrogen-bond donors (Lipinski definition) is 2. The SMILES string of the molecule is C=C/C(=C\C)c1cn2ncc(C(=O)Nc3sc(C(N)=O)cc3C)c2s1.[HH].[HH]. The summed E-state index contributed by atoms with van der Waals surface area (Å²) in [4.78, 5) is 26.1. The number of nitrogens with two attached hydrogens (primary N) is 1. The average molecular weight is 377 g/mol. The summed E-state index contributed by atoms with van der Waals surface area (Å²) in [7, 11) is 0. The zero-order valence-corrected chi connectivity index (χ0v) is 15.3. The summed E-state index contributed by atoms with van der Waals surface area (Å²) in [6.45, 7) is 7.55. The number of carbonyl (C=O) groups is 2. The molecule has 0 saturated heterocycles. The van der Waals surface area contributed by atoms with Gasteiger partial charge in [0.1, 0.15) is 4.83 Å².